The Hall–Kier alpha value is -2.68. The fourth-order valence-electron chi connectivity index (χ4n) is 3.20. The van der Waals surface area contributed by atoms with Gasteiger partial charge in [0, 0.05) is 17.7 Å². The van der Waals surface area contributed by atoms with Gasteiger partial charge in [0.2, 0.25) is 5.91 Å². The number of nitrogens with one attached hydrogen (secondary N) is 1. The molecule has 1 aliphatic heterocycles. The van der Waals surface area contributed by atoms with Crippen LogP contribution in [-0.2, 0) is 4.79 Å². The van der Waals surface area contributed by atoms with Gasteiger partial charge in [-0.05, 0) is 28.6 Å². The molecule has 1 N–H and O–H groups in total. The Morgan fingerprint density at radius 1 is 0.955 bits per heavy atom. The highest BCUT2D eigenvalue weighted by molar-refractivity contribution is 6.06. The molecule has 0 aromatic heterocycles. The van der Waals surface area contributed by atoms with E-state index in [9.17, 15) is 9.18 Å². The molecule has 0 fully saturated rings. The van der Waals surface area contributed by atoms with Gasteiger partial charge in [-0.15, -0.1) is 0 Å². The van der Waals surface area contributed by atoms with E-state index in [2.05, 4.69) is 17.4 Å². The lowest BCUT2D eigenvalue weighted by Crippen LogP contribution is -2.23. The van der Waals surface area contributed by atoms with Crippen molar-refractivity contribution in [3.05, 3.63) is 77.6 Å². The average Bonchev–Trinajstić information content (AvgIpc) is 2.55. The molecule has 3 aromatic carbocycles. The molecule has 1 atom stereocenters. The molecular formula is C19H14FNO. The first kappa shape index (κ1) is 13.0. The van der Waals surface area contributed by atoms with Gasteiger partial charge in [-0.3, -0.25) is 4.79 Å². The standard InChI is InChI=1S/C19H14FNO/c20-14-8-5-13(6-9-14)17-11-18(22)21-19-15-4-2-1-3-12(15)7-10-16(17)19/h1-10,17H,11H2,(H,21,22)/t17-/m1/s1. The first-order valence-electron chi connectivity index (χ1n) is 7.29. The second-order valence-corrected chi connectivity index (χ2v) is 5.61. The smallest absolute Gasteiger partial charge is 0.225 e. The Bertz CT molecular complexity index is 870. The van der Waals surface area contributed by atoms with Crippen molar-refractivity contribution >= 4 is 22.4 Å². The van der Waals surface area contributed by atoms with Crippen LogP contribution in [0, 0.1) is 5.82 Å². The number of rotatable bonds is 1. The van der Waals surface area contributed by atoms with Gasteiger partial charge in [-0.25, -0.2) is 4.39 Å². The van der Waals surface area contributed by atoms with Gasteiger partial charge in [0.05, 0.1) is 5.69 Å². The first-order valence-corrected chi connectivity index (χ1v) is 7.29. The van der Waals surface area contributed by atoms with Gasteiger partial charge in [-0.2, -0.15) is 0 Å². The third kappa shape index (κ3) is 2.06. The van der Waals surface area contributed by atoms with Crippen LogP contribution in [0.15, 0.2) is 60.7 Å². The summed E-state index contributed by atoms with van der Waals surface area (Å²) in [6.45, 7) is 0. The van der Waals surface area contributed by atoms with Crippen molar-refractivity contribution in [2.24, 2.45) is 0 Å². The Balaban J connectivity index is 1.92. The number of halogens is 1. The van der Waals surface area contributed by atoms with Crippen LogP contribution in [0.2, 0.25) is 0 Å². The third-order valence-electron chi connectivity index (χ3n) is 4.26. The zero-order chi connectivity index (χ0) is 15.1. The van der Waals surface area contributed by atoms with Crippen LogP contribution >= 0.6 is 0 Å². The van der Waals surface area contributed by atoms with Gasteiger partial charge in [0.15, 0.2) is 0 Å². The number of anilines is 1. The van der Waals surface area contributed by atoms with Crippen LogP contribution in [0.4, 0.5) is 10.1 Å². The second-order valence-electron chi connectivity index (χ2n) is 5.61. The highest BCUT2D eigenvalue weighted by Gasteiger charge is 2.27. The van der Waals surface area contributed by atoms with Crippen molar-refractivity contribution in [1.29, 1.82) is 0 Å². The van der Waals surface area contributed by atoms with Crippen molar-refractivity contribution in [2.75, 3.05) is 5.32 Å². The van der Waals surface area contributed by atoms with E-state index in [1.165, 1.54) is 12.1 Å². The maximum atomic E-state index is 13.2. The zero-order valence-electron chi connectivity index (χ0n) is 11.8. The molecule has 1 amide bonds. The summed E-state index contributed by atoms with van der Waals surface area (Å²) >= 11 is 0. The lowest BCUT2D eigenvalue weighted by atomic mass is 9.83. The molecule has 4 rings (SSSR count). The molecule has 0 radical (unpaired) electrons. The van der Waals surface area contributed by atoms with E-state index in [0.717, 1.165) is 27.6 Å². The maximum Gasteiger partial charge on any atom is 0.225 e. The Morgan fingerprint density at radius 2 is 1.73 bits per heavy atom. The molecule has 108 valence electrons. The fraction of sp³-hybridized carbons (Fsp3) is 0.105. The molecule has 0 saturated carbocycles. The molecule has 3 aromatic rings. The number of hydrogen-bond donors (Lipinski definition) is 1. The van der Waals surface area contributed by atoms with Gasteiger partial charge in [-0.1, -0.05) is 48.5 Å². The Kier molecular flexibility index (Phi) is 2.93. The minimum absolute atomic E-state index is 0.00169. The number of benzene rings is 3. The van der Waals surface area contributed by atoms with Crippen LogP contribution < -0.4 is 5.32 Å². The lowest BCUT2D eigenvalue weighted by Gasteiger charge is -2.27. The maximum absolute atomic E-state index is 13.2. The van der Waals surface area contributed by atoms with Crippen molar-refractivity contribution in [3.63, 3.8) is 0 Å². The minimum atomic E-state index is -0.261. The molecule has 22 heavy (non-hydrogen) atoms. The van der Waals surface area contributed by atoms with Crippen molar-refractivity contribution in [3.8, 4) is 0 Å². The van der Waals surface area contributed by atoms with Crippen LogP contribution in [0.3, 0.4) is 0 Å². The normalized spacial score (nSPS) is 17.1. The predicted molar refractivity (Wildman–Crippen MR) is 85.4 cm³/mol. The summed E-state index contributed by atoms with van der Waals surface area (Å²) in [6.07, 6.45) is 0.386. The first-order chi connectivity index (χ1) is 10.7. The summed E-state index contributed by atoms with van der Waals surface area (Å²) < 4.78 is 13.2. The summed E-state index contributed by atoms with van der Waals surface area (Å²) in [4.78, 5) is 12.1. The van der Waals surface area contributed by atoms with E-state index in [1.807, 2.05) is 24.3 Å². The predicted octanol–water partition coefficient (Wildman–Crippen LogP) is 4.45. The topological polar surface area (TPSA) is 29.1 Å². The molecule has 1 aliphatic rings. The second kappa shape index (κ2) is 4.95. The number of fused-ring (bicyclic) bond motifs is 3. The van der Waals surface area contributed by atoms with Gasteiger partial charge in [0.25, 0.3) is 0 Å². The number of carbonyl (C=O) groups excluding carboxylic acids is 1. The summed E-state index contributed by atoms with van der Waals surface area (Å²) in [7, 11) is 0. The Morgan fingerprint density at radius 3 is 2.55 bits per heavy atom. The van der Waals surface area contributed by atoms with E-state index in [0.29, 0.717) is 6.42 Å². The summed E-state index contributed by atoms with van der Waals surface area (Å²) in [5, 5.41) is 5.14. The highest BCUT2D eigenvalue weighted by atomic mass is 19.1. The van der Waals surface area contributed by atoms with E-state index >= 15 is 0 Å². The van der Waals surface area contributed by atoms with E-state index in [4.69, 9.17) is 0 Å². The van der Waals surface area contributed by atoms with E-state index < -0.39 is 0 Å². The number of carbonyl (C=O) groups is 1. The van der Waals surface area contributed by atoms with Gasteiger partial charge < -0.3 is 5.32 Å². The third-order valence-corrected chi connectivity index (χ3v) is 4.26. The van der Waals surface area contributed by atoms with Crippen molar-refractivity contribution in [1.82, 2.24) is 0 Å². The minimum Gasteiger partial charge on any atom is -0.325 e. The quantitative estimate of drug-likeness (QED) is 0.705. The molecule has 1 heterocycles. The largest absolute Gasteiger partial charge is 0.325 e. The van der Waals surface area contributed by atoms with Crippen molar-refractivity contribution in [2.45, 2.75) is 12.3 Å². The van der Waals surface area contributed by atoms with Crippen LogP contribution in [0.1, 0.15) is 23.5 Å². The highest BCUT2D eigenvalue weighted by Crippen LogP contribution is 2.40. The molecule has 0 aliphatic carbocycles. The summed E-state index contributed by atoms with van der Waals surface area (Å²) in [5.41, 5.74) is 2.93. The molecule has 0 saturated heterocycles. The number of amides is 1. The molecule has 3 heteroatoms. The van der Waals surface area contributed by atoms with Crippen LogP contribution in [0.25, 0.3) is 10.8 Å². The monoisotopic (exact) mass is 291 g/mol. The van der Waals surface area contributed by atoms with E-state index in [-0.39, 0.29) is 17.6 Å². The SMILES string of the molecule is O=C1C[C@H](c2ccc(F)cc2)c2ccc3ccccc3c2N1. The van der Waals surface area contributed by atoms with E-state index in [1.54, 1.807) is 12.1 Å². The molecule has 0 bridgehead atoms. The molecule has 0 spiro atoms. The molecule has 0 unspecified atom stereocenters. The fourth-order valence-corrected chi connectivity index (χ4v) is 3.20. The molecular weight excluding hydrogens is 277 g/mol. The van der Waals surface area contributed by atoms with Crippen LogP contribution in [-0.4, -0.2) is 5.91 Å². The summed E-state index contributed by atoms with van der Waals surface area (Å²) in [6, 6.07) is 18.5. The van der Waals surface area contributed by atoms with Crippen LogP contribution in [0.5, 0.6) is 0 Å². The van der Waals surface area contributed by atoms with Gasteiger partial charge in [0.1, 0.15) is 5.82 Å². The van der Waals surface area contributed by atoms with Gasteiger partial charge >= 0.3 is 0 Å². The zero-order valence-corrected chi connectivity index (χ0v) is 11.8. The molecule has 2 nitrogen and oxygen atoms in total. The number of hydrogen-bond acceptors (Lipinski definition) is 1. The average molecular weight is 291 g/mol. The van der Waals surface area contributed by atoms with Crippen molar-refractivity contribution < 1.29 is 9.18 Å². The Labute approximate surface area is 127 Å². The summed E-state index contributed by atoms with van der Waals surface area (Å²) in [5.74, 6) is -0.296. The lowest BCUT2D eigenvalue weighted by molar-refractivity contribution is -0.116.